The lowest BCUT2D eigenvalue weighted by molar-refractivity contribution is -0.337. The molecule has 44 nitrogen and oxygen atoms in total. The van der Waals surface area contributed by atoms with E-state index in [1.54, 1.807) is 138 Å². The minimum absolute atomic E-state index is 0.151. The zero-order valence-electron chi connectivity index (χ0n) is 90.0. The van der Waals surface area contributed by atoms with Crippen LogP contribution < -0.4 is 5.73 Å². The number of aliphatic hydroxyl groups is 22. The van der Waals surface area contributed by atoms with Crippen LogP contribution in [0.5, 0.6) is 0 Å². The summed E-state index contributed by atoms with van der Waals surface area (Å²) in [4.78, 5) is 82.6. The van der Waals surface area contributed by atoms with Gasteiger partial charge >= 0.3 is 17.9 Å². The Bertz CT molecular complexity index is 3900. The van der Waals surface area contributed by atoms with Gasteiger partial charge in [0.15, 0.2) is 37.7 Å². The molecule has 0 saturated carbocycles. The Morgan fingerprint density at radius 1 is 0.288 bits per heavy atom. The molecular weight excluding hydrogens is 1930 g/mol. The molecule has 0 amide bonds. The van der Waals surface area contributed by atoms with Crippen molar-refractivity contribution in [2.45, 2.75) is 499 Å². The zero-order chi connectivity index (χ0) is 111. The van der Waals surface area contributed by atoms with Crippen LogP contribution in [0.1, 0.15) is 251 Å². The predicted molar refractivity (Wildman–Crippen MR) is 515 cm³/mol. The minimum Gasteiger partial charge on any atom is -0.462 e. The highest BCUT2D eigenvalue weighted by atomic mass is 16.7. The molecule has 9 rings (SSSR count). The van der Waals surface area contributed by atoms with Crippen LogP contribution in [0.15, 0.2) is 0 Å². The van der Waals surface area contributed by atoms with Crippen molar-refractivity contribution >= 4 is 35.3 Å². The molecule has 0 aliphatic carbocycles. The first-order valence-electron chi connectivity index (χ1n) is 52.2. The molecule has 14 unspecified atom stereocenters. The molecule has 9 aliphatic rings. The van der Waals surface area contributed by atoms with Gasteiger partial charge in [0.1, 0.15) is 109 Å². The van der Waals surface area contributed by atoms with Crippen LogP contribution in [0.3, 0.4) is 0 Å². The summed E-state index contributed by atoms with van der Waals surface area (Å²) in [6, 6.07) is -1.34. The molecule has 9 saturated heterocycles. The number of nitrogens with two attached hydrogens (primary N) is 1. The van der Waals surface area contributed by atoms with E-state index in [1.807, 2.05) is 0 Å². The van der Waals surface area contributed by atoms with Crippen molar-refractivity contribution in [3.8, 4) is 0 Å². The summed E-state index contributed by atoms with van der Waals surface area (Å²) >= 11 is 0. The van der Waals surface area contributed by atoms with E-state index in [2.05, 4.69) is 0 Å². The Morgan fingerprint density at radius 2 is 0.548 bits per heavy atom. The SMILES string of the molecule is CC[C@H]1OC(=O)[C@H](C)[C@@H](O[C@H]2CC(C)(O)[C@@H](O)C(C)O2)[C@H](C)[C@@H](O[C@@H]2OC(CO)[C@@H](O)C(O)C2N)[C@](C)(O)C[C@@H](C)C(=O)[C@H](C)[C@@H](O)[C@H]1C.CC[C@H]1OC(=O)[C@H](C)[C@@H](O[C@H]2CC(C)(O)[C@@H](O)C(C)O2)[C@H](C)[C@@H](O[C@@H]2OC(CO)[C@@H](O)CC2O)[C@](C)(O)C[C@@H](C)C(=O)[C@H](C)[C@@H](O)[C@H]1C.CC[C@H]1OC(=O)[C@H](C)[C@@H](O[C@H]2CC(C)(O)[C@@H](O)C(C)O2)[C@H](C)[C@@H](O[C@@H]2OC(CO)[C@H](O)C(O)C2O)[C@](C)(O)C[C@@H](C)C(=O)[C@H](C)[C@@H](O)[C@H]1C. The maximum atomic E-state index is 13.9. The van der Waals surface area contributed by atoms with E-state index in [0.29, 0.717) is 19.3 Å². The Labute approximate surface area is 857 Å². The first-order valence-corrected chi connectivity index (χ1v) is 52.2. The second-order valence-electron chi connectivity index (χ2n) is 45.5. The molecule has 9 aliphatic heterocycles. The van der Waals surface area contributed by atoms with Gasteiger partial charge in [-0.3, -0.25) is 28.8 Å². The second-order valence-corrected chi connectivity index (χ2v) is 45.5. The van der Waals surface area contributed by atoms with Gasteiger partial charge in [0.05, 0.1) is 157 Å². The zero-order valence-corrected chi connectivity index (χ0v) is 90.0. The molecule has 0 aromatic carbocycles. The van der Waals surface area contributed by atoms with Crippen molar-refractivity contribution in [1.29, 1.82) is 0 Å². The quantitative estimate of drug-likeness (QED) is 0.0588. The summed E-state index contributed by atoms with van der Waals surface area (Å²) < 4.78 is 90.8. The average Bonchev–Trinajstić information content (AvgIpc) is 0.808. The highest BCUT2D eigenvalue weighted by molar-refractivity contribution is 5.85. The fourth-order valence-electron chi connectivity index (χ4n) is 23.1. The van der Waals surface area contributed by atoms with Crippen molar-refractivity contribution in [3.63, 3.8) is 0 Å². The lowest BCUT2D eigenvalue weighted by Crippen LogP contribution is -2.65. The van der Waals surface area contributed by atoms with Crippen LogP contribution in [-0.2, 0) is 99.8 Å². The maximum absolute atomic E-state index is 13.9. The Hall–Kier alpha value is -3.98. The maximum Gasteiger partial charge on any atom is 0.311 e. The molecule has 0 radical (unpaired) electrons. The number of aliphatic hydroxyl groups excluding tert-OH is 16. The van der Waals surface area contributed by atoms with Crippen molar-refractivity contribution in [2.24, 2.45) is 94.5 Å². The summed E-state index contributed by atoms with van der Waals surface area (Å²) in [7, 11) is 0. The van der Waals surface area contributed by atoms with Gasteiger partial charge in [-0.05, 0) is 122 Å². The van der Waals surface area contributed by atoms with Crippen LogP contribution in [0, 0.1) is 88.8 Å². The van der Waals surface area contributed by atoms with E-state index in [0.717, 1.165) is 0 Å². The first kappa shape index (κ1) is 129. The molecular formula is C102H181NO43. The number of hydrogen-bond acceptors (Lipinski definition) is 44. The van der Waals surface area contributed by atoms with Gasteiger partial charge in [-0.1, -0.05) is 104 Å². The Balaban J connectivity index is 0.000000297. The van der Waals surface area contributed by atoms with Gasteiger partial charge in [0.25, 0.3) is 0 Å². The monoisotopic (exact) mass is 2110 g/mol. The molecule has 0 spiro atoms. The van der Waals surface area contributed by atoms with Crippen molar-refractivity contribution < 1.29 is 212 Å². The third-order valence-electron chi connectivity index (χ3n) is 32.6. The highest BCUT2D eigenvalue weighted by Gasteiger charge is 2.60. The molecule has 44 heteroatoms. The number of ether oxygens (including phenoxy) is 15. The molecule has 9 heterocycles. The molecule has 0 aromatic rings. The summed E-state index contributed by atoms with van der Waals surface area (Å²) in [5, 5.41) is 238. The summed E-state index contributed by atoms with van der Waals surface area (Å²) in [5.74, 6) is -16.1. The molecule has 852 valence electrons. The fourth-order valence-corrected chi connectivity index (χ4v) is 23.1. The van der Waals surface area contributed by atoms with Gasteiger partial charge in [-0.15, -0.1) is 0 Å². The van der Waals surface area contributed by atoms with Crippen LogP contribution in [0.4, 0.5) is 0 Å². The van der Waals surface area contributed by atoms with Gasteiger partial charge < -0.3 is 189 Å². The number of Topliss-reactive ketones (excluding diaryl/α,β-unsaturated/α-hetero) is 3. The van der Waals surface area contributed by atoms with Crippen LogP contribution in [-0.4, -0.2) is 416 Å². The van der Waals surface area contributed by atoms with Crippen LogP contribution >= 0.6 is 0 Å². The lowest BCUT2D eigenvalue weighted by atomic mass is 9.74. The average molecular weight is 2110 g/mol. The molecule has 146 heavy (non-hydrogen) atoms. The second kappa shape index (κ2) is 53.2. The number of carbonyl (C=O) groups excluding carboxylic acids is 6. The van der Waals surface area contributed by atoms with E-state index >= 15 is 0 Å². The standard InChI is InChI=1S/C34H61NO14.C34H60O15.C34H60O14/c1-10-20-15(3)25(38)16(4)24(37)14(2)11-34(9,44)30(49-32-23(35)27(40)26(39)21(13-36)47-32)17(5)28(18(6)31(42)46-20)48-22-12-33(8,43)29(41)19(7)45-22;1-10-20-15(3)24(37)16(4)23(36)14(2)11-34(9,44)30(49-32-27(40)26(39)25(38)21(13-35)47-32)17(5)28(18(6)31(42)46-20)48-22-12-33(8,43)29(41)19(7)45-22;1-10-23-16(3)27(39)17(4)26(38)15(2)12-34(9,43)30(48-32-22(37)11-21(36)24(14-35)46-32)18(5)28(19(6)31(41)45-23)47-25-13-33(8,42)29(40)20(7)44-25/h14-23,25-30,32,36,38-41,43-44H,10-13,35H2,1-9H3;14-22,24-30,32,35,37-41,43-44H,10-13H2,1-9H3;15-25,27-30,32,35-37,39-40,42-43H,10-14H2,1-9H3/t14-,15+,16+,17+,18-,19?,20-,21?,22+,23?,25+,26-,27?,28+,29+,30-,32+,33?,34-;14-,15+,16+,17+,18-,19?,20-,21?,22+,24+,25+,26?,27?,28+,29+,30-,32+,33?,34-;15-,16+,17+,18+,19-,20?,21+,22?,23-,24?,25+,27+,28+,29+,30-,32+,33?,34-/m111/s1. The predicted octanol–water partition coefficient (Wildman–Crippen LogP) is -0.833. The van der Waals surface area contributed by atoms with Crippen LogP contribution in [0.2, 0.25) is 0 Å². The van der Waals surface area contributed by atoms with Crippen molar-refractivity contribution in [1.82, 2.24) is 0 Å². The van der Waals surface area contributed by atoms with E-state index in [-0.39, 0.29) is 62.3 Å². The summed E-state index contributed by atoms with van der Waals surface area (Å²) in [6.45, 7) is 41.0. The van der Waals surface area contributed by atoms with Crippen molar-refractivity contribution in [3.05, 3.63) is 0 Å². The van der Waals surface area contributed by atoms with Gasteiger partial charge in [0, 0.05) is 96.7 Å². The Kier molecular flexibility index (Phi) is 46.9. The van der Waals surface area contributed by atoms with E-state index in [1.165, 1.54) is 48.5 Å². The van der Waals surface area contributed by atoms with E-state index < -0.39 is 375 Å². The van der Waals surface area contributed by atoms with E-state index in [9.17, 15) is 141 Å². The van der Waals surface area contributed by atoms with Crippen molar-refractivity contribution in [2.75, 3.05) is 19.8 Å². The number of ketones is 3. The van der Waals surface area contributed by atoms with E-state index in [4.69, 9.17) is 76.8 Å². The van der Waals surface area contributed by atoms with Gasteiger partial charge in [0.2, 0.25) is 0 Å². The Morgan fingerprint density at radius 3 is 0.822 bits per heavy atom. The highest BCUT2D eigenvalue weighted by Crippen LogP contribution is 2.47. The third-order valence-corrected chi connectivity index (χ3v) is 32.6. The molecule has 56 atom stereocenters. The van der Waals surface area contributed by atoms with Gasteiger partial charge in [-0.25, -0.2) is 0 Å². The number of cyclic esters (lactones) is 3. The molecule has 0 aromatic heterocycles. The molecule has 0 bridgehead atoms. The number of esters is 3. The lowest BCUT2D eigenvalue weighted by Gasteiger charge is -2.48. The minimum atomic E-state index is -1.94. The number of hydrogen-bond donors (Lipinski definition) is 23. The molecule has 24 N–H and O–H groups in total. The number of carbonyl (C=O) groups is 6. The normalized spacial score (nSPS) is 50.9. The molecule has 9 fully saturated rings. The smallest absolute Gasteiger partial charge is 0.311 e. The topological polar surface area (TPSA) is 712 Å². The summed E-state index contributed by atoms with van der Waals surface area (Å²) in [5.41, 5.74) is -4.26. The largest absolute Gasteiger partial charge is 0.462 e. The first-order chi connectivity index (χ1) is 67.3. The third kappa shape index (κ3) is 30.5. The van der Waals surface area contributed by atoms with Gasteiger partial charge in [-0.2, -0.15) is 0 Å². The fraction of sp³-hybridized carbons (Fsp3) is 0.941. The number of rotatable bonds is 18. The van der Waals surface area contributed by atoms with Crippen LogP contribution in [0.25, 0.3) is 0 Å². The summed E-state index contributed by atoms with van der Waals surface area (Å²) in [6.07, 6.45) is -42.5.